The molecule has 0 saturated carbocycles. The van der Waals surface area contributed by atoms with E-state index in [-0.39, 0.29) is 5.78 Å². The number of ketones is 1. The fourth-order valence-electron chi connectivity index (χ4n) is 2.75. The van der Waals surface area contributed by atoms with Crippen molar-refractivity contribution in [2.75, 3.05) is 39.3 Å². The van der Waals surface area contributed by atoms with Crippen LogP contribution in [-0.2, 0) is 0 Å². The third-order valence-corrected chi connectivity index (χ3v) is 3.83. The Balaban J connectivity index is 1.71. The molecule has 1 saturated heterocycles. The average Bonchev–Trinajstić information content (AvgIpc) is 2.45. The molecule has 0 bridgehead atoms. The number of β-amino-alcohol motifs (C(OH)–C–C–N with tert-alkyl or cyclic N) is 1. The zero-order valence-corrected chi connectivity index (χ0v) is 13.1. The van der Waals surface area contributed by atoms with Crippen molar-refractivity contribution in [3.05, 3.63) is 35.9 Å². The van der Waals surface area contributed by atoms with Crippen LogP contribution in [0.2, 0.25) is 0 Å². The van der Waals surface area contributed by atoms with Gasteiger partial charge in [0.25, 0.3) is 0 Å². The third-order valence-electron chi connectivity index (χ3n) is 3.83. The predicted molar refractivity (Wildman–Crippen MR) is 84.6 cm³/mol. The summed E-state index contributed by atoms with van der Waals surface area (Å²) in [5.74, 6) is 0.217. The molecule has 1 fully saturated rings. The largest absolute Gasteiger partial charge is 0.389 e. The van der Waals surface area contributed by atoms with E-state index < -0.39 is 5.60 Å². The van der Waals surface area contributed by atoms with Gasteiger partial charge in [-0.25, -0.2) is 0 Å². The van der Waals surface area contributed by atoms with Gasteiger partial charge in [0, 0.05) is 51.3 Å². The molecule has 4 nitrogen and oxygen atoms in total. The second-order valence-electron chi connectivity index (χ2n) is 6.47. The van der Waals surface area contributed by atoms with Crippen LogP contribution in [0, 0.1) is 0 Å². The smallest absolute Gasteiger partial charge is 0.164 e. The summed E-state index contributed by atoms with van der Waals surface area (Å²) in [6.07, 6.45) is 0.579. The van der Waals surface area contributed by atoms with Gasteiger partial charge in [0.1, 0.15) is 0 Å². The van der Waals surface area contributed by atoms with Gasteiger partial charge < -0.3 is 10.0 Å². The minimum atomic E-state index is -0.633. The Morgan fingerprint density at radius 3 is 2.24 bits per heavy atom. The minimum Gasteiger partial charge on any atom is -0.389 e. The van der Waals surface area contributed by atoms with E-state index in [1.807, 2.05) is 44.2 Å². The maximum absolute atomic E-state index is 12.1. The standard InChI is InChI=1S/C17H26N2O2/c1-17(2,21)14-19-12-10-18(11-13-19)9-8-16(20)15-6-4-3-5-7-15/h3-7,21H,8-14H2,1-2H3. The molecule has 0 radical (unpaired) electrons. The first-order valence-corrected chi connectivity index (χ1v) is 7.69. The number of nitrogens with zero attached hydrogens (tertiary/aromatic N) is 2. The van der Waals surface area contributed by atoms with Crippen LogP contribution in [0.4, 0.5) is 0 Å². The maximum atomic E-state index is 12.1. The Hall–Kier alpha value is -1.23. The second kappa shape index (κ2) is 7.16. The number of Topliss-reactive ketones (excluding diaryl/α,β-unsaturated/α-hetero) is 1. The Kier molecular flexibility index (Phi) is 5.51. The number of carbonyl (C=O) groups excluding carboxylic acids is 1. The fourth-order valence-corrected chi connectivity index (χ4v) is 2.75. The SMILES string of the molecule is CC(C)(O)CN1CCN(CCC(=O)c2ccccc2)CC1. The zero-order chi connectivity index (χ0) is 15.3. The summed E-state index contributed by atoms with van der Waals surface area (Å²) in [6.45, 7) is 9.09. The Bertz CT molecular complexity index is 446. The van der Waals surface area contributed by atoms with Crippen molar-refractivity contribution in [3.8, 4) is 0 Å². The minimum absolute atomic E-state index is 0.217. The molecule has 0 aromatic heterocycles. The highest BCUT2D eigenvalue weighted by Crippen LogP contribution is 2.10. The van der Waals surface area contributed by atoms with E-state index in [1.54, 1.807) is 0 Å². The van der Waals surface area contributed by atoms with Gasteiger partial charge in [-0.1, -0.05) is 30.3 Å². The molecule has 1 aliphatic rings. The van der Waals surface area contributed by atoms with Crippen LogP contribution in [0.1, 0.15) is 30.6 Å². The van der Waals surface area contributed by atoms with Crippen LogP contribution < -0.4 is 0 Å². The molecule has 0 aliphatic carbocycles. The molecule has 116 valence electrons. The van der Waals surface area contributed by atoms with Gasteiger partial charge in [0.05, 0.1) is 5.60 Å². The molecule has 0 spiro atoms. The van der Waals surface area contributed by atoms with Crippen molar-refractivity contribution in [1.82, 2.24) is 9.80 Å². The van der Waals surface area contributed by atoms with Gasteiger partial charge in [-0.05, 0) is 13.8 Å². The second-order valence-corrected chi connectivity index (χ2v) is 6.47. The molecule has 4 heteroatoms. The first kappa shape index (κ1) is 16.1. The van der Waals surface area contributed by atoms with E-state index >= 15 is 0 Å². The number of benzene rings is 1. The van der Waals surface area contributed by atoms with Gasteiger partial charge in [-0.2, -0.15) is 0 Å². The third kappa shape index (κ3) is 5.58. The van der Waals surface area contributed by atoms with Crippen molar-refractivity contribution in [3.63, 3.8) is 0 Å². The normalized spacial score (nSPS) is 17.9. The lowest BCUT2D eigenvalue weighted by Crippen LogP contribution is -2.50. The lowest BCUT2D eigenvalue weighted by molar-refractivity contribution is 0.0178. The molecule has 1 aromatic rings. The maximum Gasteiger partial charge on any atom is 0.164 e. The molecular weight excluding hydrogens is 264 g/mol. The molecule has 21 heavy (non-hydrogen) atoms. The molecule has 2 rings (SSSR count). The summed E-state index contributed by atoms with van der Waals surface area (Å²) < 4.78 is 0. The Labute approximate surface area is 127 Å². The van der Waals surface area contributed by atoms with Crippen molar-refractivity contribution in [2.24, 2.45) is 0 Å². The van der Waals surface area contributed by atoms with E-state index in [4.69, 9.17) is 0 Å². The van der Waals surface area contributed by atoms with E-state index in [9.17, 15) is 9.90 Å². The molecule has 0 amide bonds. The summed E-state index contributed by atoms with van der Waals surface area (Å²) in [4.78, 5) is 16.7. The first-order chi connectivity index (χ1) is 9.94. The number of hydrogen-bond donors (Lipinski definition) is 1. The van der Waals surface area contributed by atoms with E-state index in [1.165, 1.54) is 0 Å². The average molecular weight is 290 g/mol. The van der Waals surface area contributed by atoms with Gasteiger partial charge in [0.15, 0.2) is 5.78 Å². The van der Waals surface area contributed by atoms with Crippen LogP contribution in [-0.4, -0.2) is 65.6 Å². The van der Waals surface area contributed by atoms with Crippen molar-refractivity contribution < 1.29 is 9.90 Å². The van der Waals surface area contributed by atoms with Crippen molar-refractivity contribution in [2.45, 2.75) is 25.9 Å². The quantitative estimate of drug-likeness (QED) is 0.809. The van der Waals surface area contributed by atoms with Gasteiger partial charge in [-0.3, -0.25) is 9.69 Å². The lowest BCUT2D eigenvalue weighted by Gasteiger charge is -2.37. The van der Waals surface area contributed by atoms with E-state index in [0.29, 0.717) is 13.0 Å². The van der Waals surface area contributed by atoms with Gasteiger partial charge in [-0.15, -0.1) is 0 Å². The van der Waals surface area contributed by atoms with Crippen LogP contribution >= 0.6 is 0 Å². The number of hydrogen-bond acceptors (Lipinski definition) is 4. The molecular formula is C17H26N2O2. The molecule has 1 N–H and O–H groups in total. The van der Waals surface area contributed by atoms with Crippen molar-refractivity contribution >= 4 is 5.78 Å². The van der Waals surface area contributed by atoms with Gasteiger partial charge >= 0.3 is 0 Å². The van der Waals surface area contributed by atoms with Crippen LogP contribution in [0.3, 0.4) is 0 Å². The highest BCUT2D eigenvalue weighted by atomic mass is 16.3. The monoisotopic (exact) mass is 290 g/mol. The van der Waals surface area contributed by atoms with Crippen molar-refractivity contribution in [1.29, 1.82) is 0 Å². The molecule has 0 unspecified atom stereocenters. The highest BCUT2D eigenvalue weighted by molar-refractivity contribution is 5.96. The number of carbonyl (C=O) groups is 1. The van der Waals surface area contributed by atoms with Gasteiger partial charge in [0.2, 0.25) is 0 Å². The van der Waals surface area contributed by atoms with Crippen LogP contribution in [0.15, 0.2) is 30.3 Å². The summed E-state index contributed by atoms with van der Waals surface area (Å²) in [5.41, 5.74) is 0.170. The highest BCUT2D eigenvalue weighted by Gasteiger charge is 2.22. The summed E-state index contributed by atoms with van der Waals surface area (Å²) in [6, 6.07) is 9.50. The predicted octanol–water partition coefficient (Wildman–Crippen LogP) is 1.65. The molecule has 1 aliphatic heterocycles. The Morgan fingerprint density at radius 1 is 1.10 bits per heavy atom. The van der Waals surface area contributed by atoms with Crippen LogP contribution in [0.5, 0.6) is 0 Å². The Morgan fingerprint density at radius 2 is 1.67 bits per heavy atom. The van der Waals surface area contributed by atoms with Crippen LogP contribution in [0.25, 0.3) is 0 Å². The fraction of sp³-hybridized carbons (Fsp3) is 0.588. The number of rotatable bonds is 6. The van der Waals surface area contributed by atoms with E-state index in [0.717, 1.165) is 38.3 Å². The molecule has 1 aromatic carbocycles. The number of piperazine rings is 1. The molecule has 0 atom stereocenters. The summed E-state index contributed by atoms with van der Waals surface area (Å²) >= 11 is 0. The lowest BCUT2D eigenvalue weighted by atomic mass is 10.1. The summed E-state index contributed by atoms with van der Waals surface area (Å²) in [5, 5.41) is 9.84. The van der Waals surface area contributed by atoms with E-state index in [2.05, 4.69) is 9.80 Å². The molecule has 1 heterocycles. The zero-order valence-electron chi connectivity index (χ0n) is 13.1. The summed E-state index contributed by atoms with van der Waals surface area (Å²) in [7, 11) is 0. The topological polar surface area (TPSA) is 43.8 Å². The first-order valence-electron chi connectivity index (χ1n) is 7.69. The number of aliphatic hydroxyl groups is 1.